The van der Waals surface area contributed by atoms with Crippen LogP contribution in [0, 0.1) is 11.8 Å². The molecule has 1 aliphatic heterocycles. The van der Waals surface area contributed by atoms with E-state index >= 15 is 0 Å². The van der Waals surface area contributed by atoms with Crippen molar-refractivity contribution in [3.8, 4) is 0 Å². The lowest BCUT2D eigenvalue weighted by atomic mass is 9.85. The third kappa shape index (κ3) is 5.53. The predicted octanol–water partition coefficient (Wildman–Crippen LogP) is 3.80. The molecule has 2 aromatic rings. The molecule has 0 saturated carbocycles. The fourth-order valence-corrected chi connectivity index (χ4v) is 4.07. The van der Waals surface area contributed by atoms with Crippen LogP contribution in [0.2, 0.25) is 0 Å². The SMILES string of the molecule is CC(CC(=O)NC(c1ccccc1)c1nccs1)C1CCCNC1.Cl. The molecule has 136 valence electrons. The van der Waals surface area contributed by atoms with E-state index in [2.05, 4.69) is 22.5 Å². The molecule has 3 unspecified atom stereocenters. The number of carbonyl (C=O) groups excluding carboxylic acids is 1. The lowest BCUT2D eigenvalue weighted by Gasteiger charge is -2.28. The Balaban J connectivity index is 0.00000225. The maximum absolute atomic E-state index is 12.6. The summed E-state index contributed by atoms with van der Waals surface area (Å²) in [7, 11) is 0. The molecule has 25 heavy (non-hydrogen) atoms. The number of piperidine rings is 1. The number of hydrogen-bond donors (Lipinski definition) is 2. The van der Waals surface area contributed by atoms with Crippen molar-refractivity contribution in [2.75, 3.05) is 13.1 Å². The molecule has 1 aliphatic rings. The van der Waals surface area contributed by atoms with Crippen LogP contribution in [-0.2, 0) is 4.79 Å². The Bertz CT molecular complexity index is 629. The van der Waals surface area contributed by atoms with E-state index in [1.54, 1.807) is 17.5 Å². The van der Waals surface area contributed by atoms with Gasteiger partial charge in [-0.1, -0.05) is 37.3 Å². The van der Waals surface area contributed by atoms with Crippen LogP contribution in [0.1, 0.15) is 42.8 Å². The summed E-state index contributed by atoms with van der Waals surface area (Å²) in [6, 6.07) is 9.91. The molecule has 1 saturated heterocycles. The van der Waals surface area contributed by atoms with Crippen molar-refractivity contribution >= 4 is 29.7 Å². The highest BCUT2D eigenvalue weighted by Crippen LogP contribution is 2.26. The van der Waals surface area contributed by atoms with Crippen LogP contribution in [0.25, 0.3) is 0 Å². The van der Waals surface area contributed by atoms with Crippen LogP contribution >= 0.6 is 23.7 Å². The molecule has 4 nitrogen and oxygen atoms in total. The largest absolute Gasteiger partial charge is 0.343 e. The summed E-state index contributed by atoms with van der Waals surface area (Å²) in [5.41, 5.74) is 1.08. The number of aromatic nitrogens is 1. The number of amides is 1. The predicted molar refractivity (Wildman–Crippen MR) is 105 cm³/mol. The highest BCUT2D eigenvalue weighted by molar-refractivity contribution is 7.09. The smallest absolute Gasteiger partial charge is 0.221 e. The molecule has 0 spiro atoms. The number of hydrogen-bond acceptors (Lipinski definition) is 4. The van der Waals surface area contributed by atoms with Crippen molar-refractivity contribution in [2.45, 2.75) is 32.2 Å². The van der Waals surface area contributed by atoms with E-state index in [0.29, 0.717) is 18.3 Å². The summed E-state index contributed by atoms with van der Waals surface area (Å²) in [4.78, 5) is 17.0. The molecular formula is C19H26ClN3OS. The molecule has 1 fully saturated rings. The molecule has 0 bridgehead atoms. The second kappa shape index (κ2) is 9.90. The molecule has 0 aliphatic carbocycles. The summed E-state index contributed by atoms with van der Waals surface area (Å²) in [6.07, 6.45) is 4.79. The van der Waals surface area contributed by atoms with Gasteiger partial charge in [-0.2, -0.15) is 0 Å². The first-order chi connectivity index (χ1) is 11.7. The maximum atomic E-state index is 12.6. The lowest BCUT2D eigenvalue weighted by molar-refractivity contribution is -0.122. The molecular weight excluding hydrogens is 354 g/mol. The topological polar surface area (TPSA) is 54.0 Å². The molecule has 6 heteroatoms. The Morgan fingerprint density at radius 1 is 1.40 bits per heavy atom. The van der Waals surface area contributed by atoms with E-state index in [4.69, 9.17) is 0 Å². The summed E-state index contributed by atoms with van der Waals surface area (Å²) in [5.74, 6) is 1.10. The van der Waals surface area contributed by atoms with Crippen LogP contribution < -0.4 is 10.6 Å². The quantitative estimate of drug-likeness (QED) is 0.802. The first kappa shape index (κ1) is 19.9. The molecule has 3 atom stereocenters. The van der Waals surface area contributed by atoms with E-state index in [1.807, 2.05) is 35.7 Å². The first-order valence-electron chi connectivity index (χ1n) is 8.68. The van der Waals surface area contributed by atoms with Gasteiger partial charge in [-0.05, 0) is 43.3 Å². The van der Waals surface area contributed by atoms with Crippen molar-refractivity contribution < 1.29 is 4.79 Å². The molecule has 1 aromatic heterocycles. The number of benzene rings is 1. The average molecular weight is 380 g/mol. The summed E-state index contributed by atoms with van der Waals surface area (Å²) >= 11 is 1.58. The Morgan fingerprint density at radius 2 is 2.20 bits per heavy atom. The van der Waals surface area contributed by atoms with Gasteiger partial charge in [-0.15, -0.1) is 23.7 Å². The molecule has 3 rings (SSSR count). The van der Waals surface area contributed by atoms with Crippen molar-refractivity contribution in [2.24, 2.45) is 11.8 Å². The van der Waals surface area contributed by atoms with E-state index in [0.717, 1.165) is 23.7 Å². The van der Waals surface area contributed by atoms with Gasteiger partial charge < -0.3 is 10.6 Å². The minimum atomic E-state index is -0.157. The lowest BCUT2D eigenvalue weighted by Crippen LogP contribution is -2.36. The Hall–Kier alpha value is -1.43. The zero-order valence-electron chi connectivity index (χ0n) is 14.5. The van der Waals surface area contributed by atoms with Gasteiger partial charge in [-0.25, -0.2) is 4.98 Å². The molecule has 1 amide bonds. The van der Waals surface area contributed by atoms with Gasteiger partial charge >= 0.3 is 0 Å². The van der Waals surface area contributed by atoms with Crippen LogP contribution in [0.15, 0.2) is 41.9 Å². The Morgan fingerprint density at radius 3 is 2.84 bits per heavy atom. The van der Waals surface area contributed by atoms with Gasteiger partial charge in [-0.3, -0.25) is 4.79 Å². The highest BCUT2D eigenvalue weighted by atomic mass is 35.5. The fraction of sp³-hybridized carbons (Fsp3) is 0.474. The summed E-state index contributed by atoms with van der Waals surface area (Å²) in [6.45, 7) is 4.33. The Labute approximate surface area is 159 Å². The average Bonchev–Trinajstić information content (AvgIpc) is 3.15. The third-order valence-electron chi connectivity index (χ3n) is 4.78. The Kier molecular flexibility index (Phi) is 7.88. The molecule has 2 N–H and O–H groups in total. The van der Waals surface area contributed by atoms with Crippen molar-refractivity contribution in [1.82, 2.24) is 15.6 Å². The standard InChI is InChI=1S/C19H25N3OS.ClH/c1-14(16-8-5-9-20-13-16)12-17(23)22-18(19-21-10-11-24-19)15-6-3-2-4-7-15;/h2-4,6-7,10-11,14,16,18,20H,5,8-9,12-13H2,1H3,(H,22,23);1H. The van der Waals surface area contributed by atoms with E-state index < -0.39 is 0 Å². The maximum Gasteiger partial charge on any atom is 0.221 e. The normalized spacial score (nSPS) is 19.5. The van der Waals surface area contributed by atoms with E-state index in [9.17, 15) is 4.79 Å². The minimum Gasteiger partial charge on any atom is -0.343 e. The van der Waals surface area contributed by atoms with Crippen LogP contribution in [0.5, 0.6) is 0 Å². The number of carbonyl (C=O) groups is 1. The van der Waals surface area contributed by atoms with E-state index in [1.165, 1.54) is 12.8 Å². The van der Waals surface area contributed by atoms with Gasteiger partial charge in [0.2, 0.25) is 5.91 Å². The van der Waals surface area contributed by atoms with Gasteiger partial charge in [0.25, 0.3) is 0 Å². The number of halogens is 1. The van der Waals surface area contributed by atoms with Gasteiger partial charge in [0.05, 0.1) is 0 Å². The monoisotopic (exact) mass is 379 g/mol. The van der Waals surface area contributed by atoms with Gasteiger partial charge in [0, 0.05) is 18.0 Å². The van der Waals surface area contributed by atoms with Gasteiger partial charge in [0.1, 0.15) is 11.0 Å². The van der Waals surface area contributed by atoms with Crippen LogP contribution in [0.3, 0.4) is 0 Å². The summed E-state index contributed by atoms with van der Waals surface area (Å²) < 4.78 is 0. The highest BCUT2D eigenvalue weighted by Gasteiger charge is 2.24. The zero-order chi connectivity index (χ0) is 16.8. The number of nitrogens with one attached hydrogen (secondary N) is 2. The second-order valence-corrected chi connectivity index (χ2v) is 7.50. The van der Waals surface area contributed by atoms with Crippen molar-refractivity contribution in [1.29, 1.82) is 0 Å². The first-order valence-corrected chi connectivity index (χ1v) is 9.56. The summed E-state index contributed by atoms with van der Waals surface area (Å²) in [5, 5.41) is 9.52. The zero-order valence-corrected chi connectivity index (χ0v) is 16.1. The fourth-order valence-electron chi connectivity index (χ4n) is 3.35. The van der Waals surface area contributed by atoms with Crippen LogP contribution in [0.4, 0.5) is 0 Å². The van der Waals surface area contributed by atoms with Crippen LogP contribution in [-0.4, -0.2) is 24.0 Å². The molecule has 1 aromatic carbocycles. The number of thiazole rings is 1. The number of rotatable bonds is 6. The number of nitrogens with zero attached hydrogens (tertiary/aromatic N) is 1. The van der Waals surface area contributed by atoms with Gasteiger partial charge in [0.15, 0.2) is 0 Å². The van der Waals surface area contributed by atoms with Crippen molar-refractivity contribution in [3.63, 3.8) is 0 Å². The van der Waals surface area contributed by atoms with E-state index in [-0.39, 0.29) is 24.4 Å². The molecule has 0 radical (unpaired) electrons. The second-order valence-electron chi connectivity index (χ2n) is 6.57. The molecule has 2 heterocycles. The minimum absolute atomic E-state index is 0. The third-order valence-corrected chi connectivity index (χ3v) is 5.62. The van der Waals surface area contributed by atoms with Crippen molar-refractivity contribution in [3.05, 3.63) is 52.5 Å².